The summed E-state index contributed by atoms with van der Waals surface area (Å²) in [6, 6.07) is 8.33. The lowest BCUT2D eigenvalue weighted by molar-refractivity contribution is 0.312. The van der Waals surface area contributed by atoms with Crippen molar-refractivity contribution in [1.29, 1.82) is 0 Å². The van der Waals surface area contributed by atoms with Gasteiger partial charge in [0, 0.05) is 73.1 Å². The Morgan fingerprint density at radius 1 is 1.02 bits per heavy atom. The number of aromatic nitrogens is 4. The van der Waals surface area contributed by atoms with Crippen LogP contribution in [0.3, 0.4) is 0 Å². The molecule has 208 valence electrons. The smallest absolute Gasteiger partial charge is 0.229 e. The topological polar surface area (TPSA) is 91.3 Å². The van der Waals surface area contributed by atoms with Crippen LogP contribution >= 0.6 is 7.92 Å². The molecule has 0 saturated carbocycles. The van der Waals surface area contributed by atoms with Gasteiger partial charge in [0.15, 0.2) is 0 Å². The van der Waals surface area contributed by atoms with Crippen LogP contribution in [-0.4, -0.2) is 78.5 Å². The Bertz CT molecular complexity index is 1520. The van der Waals surface area contributed by atoms with Crippen LogP contribution in [0, 0.1) is 0 Å². The van der Waals surface area contributed by atoms with Crippen molar-refractivity contribution in [3.05, 3.63) is 60.6 Å². The lowest BCUT2D eigenvalue weighted by Gasteiger charge is -2.35. The van der Waals surface area contributed by atoms with Gasteiger partial charge in [-0.15, -0.1) is 0 Å². The highest BCUT2D eigenvalue weighted by Crippen LogP contribution is 2.37. The number of hydrogen-bond donors (Lipinski definition) is 2. The van der Waals surface area contributed by atoms with Crippen molar-refractivity contribution < 1.29 is 4.74 Å². The highest BCUT2D eigenvalue weighted by Gasteiger charge is 2.20. The first-order chi connectivity index (χ1) is 19.4. The van der Waals surface area contributed by atoms with E-state index in [1.54, 1.807) is 31.8 Å². The monoisotopic (exact) mass is 556 g/mol. The normalized spacial score (nSPS) is 14.0. The summed E-state index contributed by atoms with van der Waals surface area (Å²) < 4.78 is 5.83. The third-order valence-corrected chi connectivity index (χ3v) is 8.57. The number of nitrogens with one attached hydrogen (secondary N) is 2. The largest absolute Gasteiger partial charge is 0.494 e. The Kier molecular flexibility index (Phi) is 8.43. The van der Waals surface area contributed by atoms with Gasteiger partial charge >= 0.3 is 0 Å². The molecule has 0 radical (unpaired) electrons. The van der Waals surface area contributed by atoms with Gasteiger partial charge in [-0.3, -0.25) is 9.97 Å². The van der Waals surface area contributed by atoms with Gasteiger partial charge in [-0.2, -0.15) is 4.98 Å². The maximum atomic E-state index is 5.83. The molecule has 40 heavy (non-hydrogen) atoms. The summed E-state index contributed by atoms with van der Waals surface area (Å²) in [6.07, 6.45) is 7.91. The van der Waals surface area contributed by atoms with Crippen LogP contribution < -0.4 is 25.6 Å². The van der Waals surface area contributed by atoms with E-state index in [-0.39, 0.29) is 0 Å². The number of nitrogens with zero attached hydrogens (tertiary/aromatic N) is 6. The molecule has 1 saturated heterocycles. The molecule has 0 atom stereocenters. The molecule has 0 aliphatic carbocycles. The summed E-state index contributed by atoms with van der Waals surface area (Å²) in [4.78, 5) is 23.4. The van der Waals surface area contributed by atoms with Crippen LogP contribution in [0.5, 0.6) is 5.75 Å². The molecule has 0 amide bonds. The lowest BCUT2D eigenvalue weighted by atomic mass is 10.1. The standard InChI is InChI=1S/C30H37N8OP/c1-7-20-17-24(26(39-4)18-25(20)38-15-13-37(3)14-16-38)35-30-33-19-21(8-2)29(36-30)34-23-10-9-22-27(28(23)40(5)6)32-12-11-31-22/h8-12,17-19H,2,7,13-16H2,1,3-6H3,(H2,33,34,35,36). The van der Waals surface area contributed by atoms with Crippen molar-refractivity contribution in [3.63, 3.8) is 0 Å². The highest BCUT2D eigenvalue weighted by atomic mass is 31.1. The second kappa shape index (κ2) is 12.1. The molecule has 5 rings (SSSR count). The molecular weight excluding hydrogens is 519 g/mol. The minimum absolute atomic E-state index is 0.470. The molecular formula is C30H37N8OP. The predicted molar refractivity (Wildman–Crippen MR) is 169 cm³/mol. The minimum Gasteiger partial charge on any atom is -0.494 e. The van der Waals surface area contributed by atoms with Crippen LogP contribution in [0.2, 0.25) is 0 Å². The summed E-state index contributed by atoms with van der Waals surface area (Å²) in [5, 5.41) is 8.11. The maximum absolute atomic E-state index is 5.83. The molecule has 3 heterocycles. The zero-order chi connectivity index (χ0) is 28.2. The molecule has 2 aromatic carbocycles. The number of methoxy groups -OCH3 is 1. The van der Waals surface area contributed by atoms with Gasteiger partial charge in [0.05, 0.1) is 23.8 Å². The summed E-state index contributed by atoms with van der Waals surface area (Å²) >= 11 is 0. The Balaban J connectivity index is 1.48. The van der Waals surface area contributed by atoms with Crippen molar-refractivity contribution in [1.82, 2.24) is 24.8 Å². The van der Waals surface area contributed by atoms with Crippen LogP contribution in [0.25, 0.3) is 17.1 Å². The number of fused-ring (bicyclic) bond motifs is 1. The number of benzene rings is 2. The van der Waals surface area contributed by atoms with E-state index in [4.69, 9.17) is 9.72 Å². The van der Waals surface area contributed by atoms with Crippen molar-refractivity contribution in [2.75, 3.05) is 69.2 Å². The summed E-state index contributed by atoms with van der Waals surface area (Å²) in [6.45, 7) is 14.7. The number of piperazine rings is 1. The number of hydrogen-bond acceptors (Lipinski definition) is 9. The third-order valence-electron chi connectivity index (χ3n) is 7.22. The number of rotatable bonds is 9. The Labute approximate surface area is 237 Å². The van der Waals surface area contributed by atoms with E-state index < -0.39 is 7.92 Å². The van der Waals surface area contributed by atoms with Crippen LogP contribution in [0.1, 0.15) is 18.1 Å². The van der Waals surface area contributed by atoms with Crippen molar-refractivity contribution in [2.45, 2.75) is 13.3 Å². The van der Waals surface area contributed by atoms with Gasteiger partial charge in [-0.1, -0.05) is 27.5 Å². The maximum Gasteiger partial charge on any atom is 0.229 e. The number of likely N-dealkylation sites (N-methyl/N-ethyl adjacent to an activating group) is 1. The van der Waals surface area contributed by atoms with E-state index in [9.17, 15) is 0 Å². The predicted octanol–water partition coefficient (Wildman–Crippen LogP) is 5.24. The Morgan fingerprint density at radius 2 is 1.80 bits per heavy atom. The summed E-state index contributed by atoms with van der Waals surface area (Å²) in [5.74, 6) is 1.89. The van der Waals surface area contributed by atoms with E-state index in [1.807, 2.05) is 12.1 Å². The summed E-state index contributed by atoms with van der Waals surface area (Å²) in [5.41, 5.74) is 6.88. The molecule has 0 bridgehead atoms. The number of ether oxygens (including phenoxy) is 1. The first-order valence-electron chi connectivity index (χ1n) is 13.5. The van der Waals surface area contributed by atoms with Crippen LogP contribution in [0.15, 0.2) is 49.4 Å². The van der Waals surface area contributed by atoms with Gasteiger partial charge in [0.1, 0.15) is 11.6 Å². The zero-order valence-corrected chi connectivity index (χ0v) is 24.8. The number of aryl methyl sites for hydroxylation is 1. The van der Waals surface area contributed by atoms with E-state index in [0.717, 1.165) is 71.6 Å². The van der Waals surface area contributed by atoms with Gasteiger partial charge in [0.25, 0.3) is 0 Å². The van der Waals surface area contributed by atoms with Gasteiger partial charge in [-0.25, -0.2) is 4.98 Å². The molecule has 9 nitrogen and oxygen atoms in total. The fourth-order valence-electron chi connectivity index (χ4n) is 5.03. The van der Waals surface area contributed by atoms with Gasteiger partial charge in [0.2, 0.25) is 5.95 Å². The molecule has 0 unspecified atom stereocenters. The average Bonchev–Trinajstić information content (AvgIpc) is 2.97. The minimum atomic E-state index is -0.470. The van der Waals surface area contributed by atoms with E-state index >= 15 is 0 Å². The highest BCUT2D eigenvalue weighted by molar-refractivity contribution is 7.65. The molecule has 2 N–H and O–H groups in total. The third kappa shape index (κ3) is 5.71. The van der Waals surface area contributed by atoms with E-state index in [2.05, 4.69) is 81.4 Å². The van der Waals surface area contributed by atoms with Crippen molar-refractivity contribution in [2.24, 2.45) is 0 Å². The van der Waals surface area contributed by atoms with Gasteiger partial charge in [-0.05, 0) is 50.6 Å². The quantitative estimate of drug-likeness (QED) is 0.269. The first kappa shape index (κ1) is 27.7. The zero-order valence-electron chi connectivity index (χ0n) is 23.9. The van der Waals surface area contributed by atoms with Crippen molar-refractivity contribution >= 4 is 59.2 Å². The Hall–Kier alpha value is -3.81. The molecule has 0 spiro atoms. The molecule has 1 aliphatic rings. The first-order valence-corrected chi connectivity index (χ1v) is 15.7. The van der Waals surface area contributed by atoms with E-state index in [1.165, 1.54) is 11.3 Å². The molecule has 10 heteroatoms. The SMILES string of the molecule is C=Cc1cnc(Nc2cc(CC)c(N3CCN(C)CC3)cc2OC)nc1Nc1ccc2nccnc2c1P(C)C. The second-order valence-corrected chi connectivity index (χ2v) is 12.3. The van der Waals surface area contributed by atoms with Gasteiger partial charge < -0.3 is 25.2 Å². The molecule has 1 aliphatic heterocycles. The van der Waals surface area contributed by atoms with Crippen LogP contribution in [-0.2, 0) is 6.42 Å². The second-order valence-electron chi connectivity index (χ2n) is 10.1. The fraction of sp³-hybridized carbons (Fsp3) is 0.333. The Morgan fingerprint density at radius 3 is 2.50 bits per heavy atom. The molecule has 2 aromatic heterocycles. The summed E-state index contributed by atoms with van der Waals surface area (Å²) in [7, 11) is 3.40. The lowest BCUT2D eigenvalue weighted by Crippen LogP contribution is -2.44. The molecule has 1 fully saturated rings. The van der Waals surface area contributed by atoms with E-state index in [0.29, 0.717) is 11.8 Å². The van der Waals surface area contributed by atoms with Crippen LogP contribution in [0.4, 0.5) is 28.8 Å². The molecule has 4 aromatic rings. The van der Waals surface area contributed by atoms with Crippen molar-refractivity contribution in [3.8, 4) is 5.75 Å². The number of anilines is 5. The average molecular weight is 557 g/mol. The fourth-order valence-corrected chi connectivity index (χ4v) is 6.24.